The molecule has 0 saturated carbocycles. The van der Waals surface area contributed by atoms with Crippen LogP contribution in [0.4, 0.5) is 13.2 Å². The molecule has 3 heterocycles. The van der Waals surface area contributed by atoms with Gasteiger partial charge in [-0.05, 0) is 60.2 Å². The number of phenols is 1. The average molecular weight is 510 g/mol. The van der Waals surface area contributed by atoms with Crippen molar-refractivity contribution in [1.29, 1.82) is 0 Å². The van der Waals surface area contributed by atoms with Crippen molar-refractivity contribution in [3.8, 4) is 34.0 Å². The molecule has 0 saturated heterocycles. The molecule has 0 unspecified atom stereocenters. The molecule has 6 aromatic rings. The standard InChI is InChI=1S/C29H17F3N4O2/c30-29(31,32)24-10-4-3-7-20(24)23-16-18-6-5-15-33-26(18)34-27(23)36-28(38)22-9-2-1-8-21(22)25(35-36)17-11-13-19(37)14-12-17/h1-16,37H. The minimum Gasteiger partial charge on any atom is -0.508 e. The molecule has 186 valence electrons. The highest BCUT2D eigenvalue weighted by molar-refractivity contribution is 5.94. The van der Waals surface area contributed by atoms with Crippen LogP contribution >= 0.6 is 0 Å². The Balaban J connectivity index is 1.74. The molecule has 0 bridgehead atoms. The van der Waals surface area contributed by atoms with Crippen molar-refractivity contribution in [2.45, 2.75) is 6.18 Å². The first-order chi connectivity index (χ1) is 18.3. The van der Waals surface area contributed by atoms with Gasteiger partial charge in [-0.3, -0.25) is 4.79 Å². The number of benzene rings is 3. The molecule has 3 aromatic heterocycles. The summed E-state index contributed by atoms with van der Waals surface area (Å²) in [6, 6.07) is 23.1. The first-order valence-electron chi connectivity index (χ1n) is 11.6. The van der Waals surface area contributed by atoms with Gasteiger partial charge < -0.3 is 5.11 Å². The van der Waals surface area contributed by atoms with Gasteiger partial charge in [-0.2, -0.15) is 23.0 Å². The lowest BCUT2D eigenvalue weighted by Crippen LogP contribution is -2.24. The Morgan fingerprint density at radius 3 is 2.26 bits per heavy atom. The monoisotopic (exact) mass is 510 g/mol. The molecular formula is C29H17F3N4O2. The van der Waals surface area contributed by atoms with Gasteiger partial charge in [-0.1, -0.05) is 36.4 Å². The predicted octanol–water partition coefficient (Wildman–Crippen LogP) is 6.39. The summed E-state index contributed by atoms with van der Waals surface area (Å²) in [5.74, 6) is -0.0247. The molecule has 0 aliphatic carbocycles. The fourth-order valence-corrected chi connectivity index (χ4v) is 4.49. The number of aromatic hydroxyl groups is 1. The van der Waals surface area contributed by atoms with Crippen LogP contribution in [-0.2, 0) is 6.18 Å². The molecule has 0 aliphatic rings. The summed E-state index contributed by atoms with van der Waals surface area (Å²) < 4.78 is 43.2. The summed E-state index contributed by atoms with van der Waals surface area (Å²) in [5, 5.41) is 15.7. The molecule has 1 N–H and O–H groups in total. The number of rotatable bonds is 3. The molecule has 6 rings (SSSR count). The molecule has 0 aliphatic heterocycles. The molecule has 3 aromatic carbocycles. The zero-order chi connectivity index (χ0) is 26.4. The number of halogens is 3. The van der Waals surface area contributed by atoms with Crippen LogP contribution in [0.3, 0.4) is 0 Å². The van der Waals surface area contributed by atoms with Crippen LogP contribution < -0.4 is 5.56 Å². The van der Waals surface area contributed by atoms with Crippen molar-refractivity contribution in [2.24, 2.45) is 0 Å². The molecular weight excluding hydrogens is 493 g/mol. The second kappa shape index (κ2) is 8.81. The number of alkyl halides is 3. The number of hydrogen-bond acceptors (Lipinski definition) is 5. The SMILES string of the molecule is O=c1c2ccccc2c(-c2ccc(O)cc2)nn1-c1nc2ncccc2cc1-c1ccccc1C(F)(F)F. The normalized spacial score (nSPS) is 11.8. The van der Waals surface area contributed by atoms with E-state index in [0.29, 0.717) is 27.4 Å². The van der Waals surface area contributed by atoms with Crippen molar-refractivity contribution in [1.82, 2.24) is 19.7 Å². The number of nitrogens with zero attached hydrogens (tertiary/aromatic N) is 4. The van der Waals surface area contributed by atoms with E-state index < -0.39 is 17.3 Å². The Morgan fingerprint density at radius 1 is 0.789 bits per heavy atom. The first kappa shape index (κ1) is 23.4. The molecule has 0 radical (unpaired) electrons. The van der Waals surface area contributed by atoms with E-state index in [0.717, 1.165) is 10.7 Å². The highest BCUT2D eigenvalue weighted by Gasteiger charge is 2.34. The van der Waals surface area contributed by atoms with Gasteiger partial charge in [0.1, 0.15) is 5.75 Å². The Morgan fingerprint density at radius 2 is 1.50 bits per heavy atom. The minimum absolute atomic E-state index is 0.0553. The maximum absolute atomic E-state index is 14.1. The number of hydrogen-bond donors (Lipinski definition) is 1. The lowest BCUT2D eigenvalue weighted by Gasteiger charge is -2.17. The van der Waals surface area contributed by atoms with Crippen LogP contribution in [0.1, 0.15) is 5.56 Å². The Bertz CT molecular complexity index is 1900. The van der Waals surface area contributed by atoms with Crippen molar-refractivity contribution in [3.63, 3.8) is 0 Å². The van der Waals surface area contributed by atoms with Crippen LogP contribution in [0.25, 0.3) is 50.0 Å². The van der Waals surface area contributed by atoms with E-state index in [1.807, 2.05) is 0 Å². The van der Waals surface area contributed by atoms with Crippen molar-refractivity contribution >= 4 is 21.8 Å². The van der Waals surface area contributed by atoms with E-state index in [4.69, 9.17) is 0 Å². The molecule has 0 atom stereocenters. The lowest BCUT2D eigenvalue weighted by atomic mass is 9.98. The van der Waals surface area contributed by atoms with E-state index in [1.165, 1.54) is 36.5 Å². The third-order valence-corrected chi connectivity index (χ3v) is 6.24. The van der Waals surface area contributed by atoms with Crippen LogP contribution in [0, 0.1) is 0 Å². The molecule has 0 amide bonds. The third kappa shape index (κ3) is 3.94. The molecule has 0 fully saturated rings. The van der Waals surface area contributed by atoms with E-state index >= 15 is 0 Å². The van der Waals surface area contributed by atoms with Gasteiger partial charge in [0.25, 0.3) is 5.56 Å². The largest absolute Gasteiger partial charge is 0.508 e. The van der Waals surface area contributed by atoms with Gasteiger partial charge in [-0.15, -0.1) is 0 Å². The summed E-state index contributed by atoms with van der Waals surface area (Å²) in [5.41, 5.74) is -0.206. The highest BCUT2D eigenvalue weighted by Crippen LogP contribution is 2.39. The van der Waals surface area contributed by atoms with Gasteiger partial charge >= 0.3 is 6.18 Å². The second-order valence-electron chi connectivity index (χ2n) is 8.61. The molecule has 38 heavy (non-hydrogen) atoms. The molecule has 6 nitrogen and oxygen atoms in total. The number of phenolic OH excluding ortho intramolecular Hbond substituents is 1. The predicted molar refractivity (Wildman–Crippen MR) is 138 cm³/mol. The maximum Gasteiger partial charge on any atom is 0.417 e. The van der Waals surface area contributed by atoms with Gasteiger partial charge in [0.05, 0.1) is 16.6 Å². The van der Waals surface area contributed by atoms with E-state index in [1.54, 1.807) is 54.6 Å². The fourth-order valence-electron chi connectivity index (χ4n) is 4.49. The second-order valence-corrected chi connectivity index (χ2v) is 8.61. The summed E-state index contributed by atoms with van der Waals surface area (Å²) in [6.45, 7) is 0. The van der Waals surface area contributed by atoms with E-state index in [2.05, 4.69) is 15.1 Å². The smallest absolute Gasteiger partial charge is 0.417 e. The summed E-state index contributed by atoms with van der Waals surface area (Å²) in [4.78, 5) is 22.5. The lowest BCUT2D eigenvalue weighted by molar-refractivity contribution is -0.137. The molecule has 0 spiro atoms. The van der Waals surface area contributed by atoms with Crippen LogP contribution in [0.5, 0.6) is 5.75 Å². The summed E-state index contributed by atoms with van der Waals surface area (Å²) in [6.07, 6.45) is -3.13. The maximum atomic E-state index is 14.1. The topological polar surface area (TPSA) is 80.9 Å². The summed E-state index contributed by atoms with van der Waals surface area (Å²) >= 11 is 0. The number of fused-ring (bicyclic) bond motifs is 2. The van der Waals surface area contributed by atoms with Gasteiger partial charge in [0, 0.05) is 28.1 Å². The van der Waals surface area contributed by atoms with Crippen molar-refractivity contribution < 1.29 is 18.3 Å². The van der Waals surface area contributed by atoms with Crippen LogP contribution in [-0.4, -0.2) is 24.9 Å². The van der Waals surface area contributed by atoms with Crippen LogP contribution in [0.15, 0.2) is 102 Å². The van der Waals surface area contributed by atoms with E-state index in [-0.39, 0.29) is 28.3 Å². The zero-order valence-corrected chi connectivity index (χ0v) is 19.5. The Labute approximate surface area is 213 Å². The highest BCUT2D eigenvalue weighted by atomic mass is 19.4. The van der Waals surface area contributed by atoms with Crippen molar-refractivity contribution in [2.75, 3.05) is 0 Å². The molecule has 9 heteroatoms. The van der Waals surface area contributed by atoms with Crippen LogP contribution in [0.2, 0.25) is 0 Å². The fraction of sp³-hybridized carbons (Fsp3) is 0.0345. The van der Waals surface area contributed by atoms with Gasteiger partial charge in [0.2, 0.25) is 0 Å². The third-order valence-electron chi connectivity index (χ3n) is 6.24. The quantitative estimate of drug-likeness (QED) is 0.299. The van der Waals surface area contributed by atoms with Gasteiger partial charge in [0.15, 0.2) is 11.5 Å². The Kier molecular flexibility index (Phi) is 5.41. The zero-order valence-electron chi connectivity index (χ0n) is 19.5. The van der Waals surface area contributed by atoms with E-state index in [9.17, 15) is 23.1 Å². The number of pyridine rings is 2. The first-order valence-corrected chi connectivity index (χ1v) is 11.6. The Hall–Kier alpha value is -5.05. The average Bonchev–Trinajstić information content (AvgIpc) is 2.93. The van der Waals surface area contributed by atoms with Gasteiger partial charge in [-0.25, -0.2) is 9.97 Å². The summed E-state index contributed by atoms with van der Waals surface area (Å²) in [7, 11) is 0. The number of aromatic nitrogens is 4. The van der Waals surface area contributed by atoms with Crippen molar-refractivity contribution in [3.05, 3.63) is 113 Å². The minimum atomic E-state index is -4.64.